The van der Waals surface area contributed by atoms with Crippen molar-refractivity contribution < 1.29 is 18.9 Å². The highest BCUT2D eigenvalue weighted by Crippen LogP contribution is 2.37. The molecule has 2 aromatic rings. The Kier molecular flexibility index (Phi) is 5.84. The van der Waals surface area contributed by atoms with Crippen LogP contribution in [0.2, 0.25) is 0 Å². The number of nitrogens with zero attached hydrogens (tertiary/aromatic N) is 2. The molecule has 0 amide bonds. The monoisotopic (exact) mass is 396 g/mol. The average molecular weight is 396 g/mol. The molecular formula is C22H24N2O5. The number of nitriles is 1. The molecule has 0 spiro atoms. The lowest BCUT2D eigenvalue weighted by Gasteiger charge is -2.30. The smallest absolute Gasteiger partial charge is 0.254 e. The van der Waals surface area contributed by atoms with E-state index in [1.165, 1.54) is 0 Å². The predicted molar refractivity (Wildman–Crippen MR) is 106 cm³/mol. The topological polar surface area (TPSA) is 82.7 Å². The standard InChI is InChI=1S/C22H24N2O5/c1-2-16-9-15-10-17(27-6-5-23)3-4-20(15)21-11-18(12-22(25)24(16)21)29-14-19-13-26-7-8-28-19/h3-4,10-12,16,19H,2,6-9,13-14H2,1H3/t16?,19-/m0/s1. The molecule has 1 aromatic heterocycles. The van der Waals surface area contributed by atoms with Crippen LogP contribution < -0.4 is 15.0 Å². The second-order valence-electron chi connectivity index (χ2n) is 7.20. The van der Waals surface area contributed by atoms with Crippen molar-refractivity contribution in [2.45, 2.75) is 31.9 Å². The number of hydrogen-bond acceptors (Lipinski definition) is 6. The van der Waals surface area contributed by atoms with Gasteiger partial charge in [-0.2, -0.15) is 5.26 Å². The highest BCUT2D eigenvalue weighted by atomic mass is 16.6. The number of ether oxygens (including phenoxy) is 4. The molecule has 0 radical (unpaired) electrons. The van der Waals surface area contributed by atoms with E-state index in [1.807, 2.05) is 34.9 Å². The van der Waals surface area contributed by atoms with Crippen LogP contribution in [0.5, 0.6) is 11.5 Å². The van der Waals surface area contributed by atoms with Crippen LogP contribution in [0, 0.1) is 11.3 Å². The molecule has 1 unspecified atom stereocenters. The highest BCUT2D eigenvalue weighted by molar-refractivity contribution is 5.68. The molecule has 2 aliphatic rings. The summed E-state index contributed by atoms with van der Waals surface area (Å²) in [4.78, 5) is 12.9. The Balaban J connectivity index is 1.65. The molecule has 7 heteroatoms. The fourth-order valence-electron chi connectivity index (χ4n) is 3.91. The van der Waals surface area contributed by atoms with E-state index in [0.29, 0.717) is 37.9 Å². The summed E-state index contributed by atoms with van der Waals surface area (Å²) in [6, 6.07) is 11.3. The van der Waals surface area contributed by atoms with E-state index in [-0.39, 0.29) is 24.3 Å². The molecular weight excluding hydrogens is 372 g/mol. The maximum Gasteiger partial charge on any atom is 0.254 e. The molecule has 4 rings (SSSR count). The summed E-state index contributed by atoms with van der Waals surface area (Å²) in [5, 5.41) is 8.74. The minimum absolute atomic E-state index is 0.0109. The van der Waals surface area contributed by atoms with Gasteiger partial charge in [0.2, 0.25) is 0 Å². The quantitative estimate of drug-likeness (QED) is 0.747. The van der Waals surface area contributed by atoms with Crippen molar-refractivity contribution in [1.82, 2.24) is 4.57 Å². The molecule has 152 valence electrons. The summed E-state index contributed by atoms with van der Waals surface area (Å²) in [5.74, 6) is 1.20. The van der Waals surface area contributed by atoms with Gasteiger partial charge in [0.25, 0.3) is 5.56 Å². The zero-order chi connectivity index (χ0) is 20.2. The summed E-state index contributed by atoms with van der Waals surface area (Å²) < 4.78 is 24.2. The fourth-order valence-corrected chi connectivity index (χ4v) is 3.91. The van der Waals surface area contributed by atoms with Crippen LogP contribution in [-0.2, 0) is 15.9 Å². The summed E-state index contributed by atoms with van der Waals surface area (Å²) in [7, 11) is 0. The Morgan fingerprint density at radius 2 is 2.10 bits per heavy atom. The third kappa shape index (κ3) is 4.14. The number of benzene rings is 1. The van der Waals surface area contributed by atoms with Crippen LogP contribution in [0.25, 0.3) is 11.3 Å². The minimum Gasteiger partial charge on any atom is -0.491 e. The first-order valence-electron chi connectivity index (χ1n) is 9.91. The number of pyridine rings is 1. The molecule has 0 aliphatic carbocycles. The minimum atomic E-state index is -0.127. The molecule has 1 aromatic carbocycles. The third-order valence-electron chi connectivity index (χ3n) is 5.31. The van der Waals surface area contributed by atoms with Gasteiger partial charge in [-0.25, -0.2) is 0 Å². The number of fused-ring (bicyclic) bond motifs is 3. The second kappa shape index (κ2) is 8.68. The fraction of sp³-hybridized carbons (Fsp3) is 0.455. The van der Waals surface area contributed by atoms with Crippen molar-refractivity contribution in [2.75, 3.05) is 33.0 Å². The molecule has 0 N–H and O–H groups in total. The van der Waals surface area contributed by atoms with Gasteiger partial charge in [0.15, 0.2) is 6.61 Å². The summed E-state index contributed by atoms with van der Waals surface area (Å²) in [6.07, 6.45) is 1.46. The Bertz CT molecular complexity index is 972. The summed E-state index contributed by atoms with van der Waals surface area (Å²) >= 11 is 0. The molecule has 2 aliphatic heterocycles. The van der Waals surface area contributed by atoms with Gasteiger partial charge < -0.3 is 23.5 Å². The largest absolute Gasteiger partial charge is 0.491 e. The molecule has 2 atom stereocenters. The van der Waals surface area contributed by atoms with Crippen molar-refractivity contribution in [3.05, 3.63) is 46.2 Å². The molecule has 0 saturated carbocycles. The van der Waals surface area contributed by atoms with E-state index in [2.05, 4.69) is 6.92 Å². The van der Waals surface area contributed by atoms with Gasteiger partial charge in [0, 0.05) is 23.7 Å². The van der Waals surface area contributed by atoms with Crippen molar-refractivity contribution in [1.29, 1.82) is 5.26 Å². The first-order valence-corrected chi connectivity index (χ1v) is 9.91. The molecule has 29 heavy (non-hydrogen) atoms. The van der Waals surface area contributed by atoms with Gasteiger partial charge in [0.05, 0.1) is 25.5 Å². The zero-order valence-electron chi connectivity index (χ0n) is 16.4. The zero-order valence-corrected chi connectivity index (χ0v) is 16.4. The van der Waals surface area contributed by atoms with E-state index in [0.717, 1.165) is 29.7 Å². The van der Waals surface area contributed by atoms with Gasteiger partial charge in [0.1, 0.15) is 30.3 Å². The van der Waals surface area contributed by atoms with Gasteiger partial charge in [-0.05, 0) is 36.6 Å². The Morgan fingerprint density at radius 1 is 1.21 bits per heavy atom. The SMILES string of the molecule is CCC1Cc2cc(OCC#N)ccc2-c2cc(OC[C@@H]3COCCO3)cc(=O)n21. The maximum absolute atomic E-state index is 12.9. The Hall–Kier alpha value is -2.82. The molecule has 1 fully saturated rings. The second-order valence-corrected chi connectivity index (χ2v) is 7.20. The van der Waals surface area contributed by atoms with Crippen LogP contribution in [0.3, 0.4) is 0 Å². The first-order chi connectivity index (χ1) is 14.2. The van der Waals surface area contributed by atoms with Crippen LogP contribution in [-0.4, -0.2) is 43.7 Å². The van der Waals surface area contributed by atoms with E-state index < -0.39 is 0 Å². The van der Waals surface area contributed by atoms with Gasteiger partial charge in [-0.1, -0.05) is 6.92 Å². The average Bonchev–Trinajstić information content (AvgIpc) is 2.76. The van der Waals surface area contributed by atoms with Crippen molar-refractivity contribution >= 4 is 0 Å². The van der Waals surface area contributed by atoms with Crippen LogP contribution in [0.1, 0.15) is 24.9 Å². The normalized spacial score (nSPS) is 20.3. The highest BCUT2D eigenvalue weighted by Gasteiger charge is 2.26. The lowest BCUT2D eigenvalue weighted by atomic mass is 9.91. The number of hydrogen-bond donors (Lipinski definition) is 0. The van der Waals surface area contributed by atoms with Gasteiger partial charge in [-0.3, -0.25) is 4.79 Å². The van der Waals surface area contributed by atoms with Crippen molar-refractivity contribution in [2.24, 2.45) is 0 Å². The first kappa shape index (κ1) is 19.5. The third-order valence-corrected chi connectivity index (χ3v) is 5.31. The van der Waals surface area contributed by atoms with Crippen LogP contribution in [0.15, 0.2) is 35.1 Å². The van der Waals surface area contributed by atoms with E-state index in [9.17, 15) is 4.79 Å². The summed E-state index contributed by atoms with van der Waals surface area (Å²) in [5.41, 5.74) is 2.86. The van der Waals surface area contributed by atoms with Gasteiger partial charge in [-0.15, -0.1) is 0 Å². The van der Waals surface area contributed by atoms with Crippen molar-refractivity contribution in [3.63, 3.8) is 0 Å². The lowest BCUT2D eigenvalue weighted by Crippen LogP contribution is -2.34. The molecule has 3 heterocycles. The van der Waals surface area contributed by atoms with Crippen LogP contribution in [0.4, 0.5) is 0 Å². The van der Waals surface area contributed by atoms with Crippen LogP contribution >= 0.6 is 0 Å². The summed E-state index contributed by atoms with van der Waals surface area (Å²) in [6.45, 7) is 4.09. The molecule has 7 nitrogen and oxygen atoms in total. The number of rotatable bonds is 6. The van der Waals surface area contributed by atoms with Gasteiger partial charge >= 0.3 is 0 Å². The van der Waals surface area contributed by atoms with E-state index in [1.54, 1.807) is 6.07 Å². The number of aromatic nitrogens is 1. The lowest BCUT2D eigenvalue weighted by molar-refractivity contribution is -0.101. The van der Waals surface area contributed by atoms with E-state index in [4.69, 9.17) is 24.2 Å². The Labute approximate surface area is 169 Å². The predicted octanol–water partition coefficient (Wildman–Crippen LogP) is 2.72. The maximum atomic E-state index is 12.9. The van der Waals surface area contributed by atoms with E-state index >= 15 is 0 Å². The molecule has 1 saturated heterocycles. The Morgan fingerprint density at radius 3 is 2.86 bits per heavy atom. The molecule has 0 bridgehead atoms. The van der Waals surface area contributed by atoms with Crippen molar-refractivity contribution in [3.8, 4) is 28.8 Å².